The first-order valence-corrected chi connectivity index (χ1v) is 12.1. The van der Waals surface area contributed by atoms with E-state index in [4.69, 9.17) is 9.47 Å². The number of hydrogen-bond acceptors (Lipinski definition) is 6. The van der Waals surface area contributed by atoms with Crippen LogP contribution >= 0.6 is 0 Å². The molecule has 2 aromatic carbocycles. The van der Waals surface area contributed by atoms with E-state index in [1.165, 1.54) is 6.20 Å². The van der Waals surface area contributed by atoms with E-state index < -0.39 is 6.10 Å². The fourth-order valence-electron chi connectivity index (χ4n) is 5.00. The highest BCUT2D eigenvalue weighted by Gasteiger charge is 2.46. The first-order valence-electron chi connectivity index (χ1n) is 12.1. The Morgan fingerprint density at radius 2 is 1.97 bits per heavy atom. The molecule has 0 radical (unpaired) electrons. The summed E-state index contributed by atoms with van der Waals surface area (Å²) in [5.41, 5.74) is 3.08. The maximum Gasteiger partial charge on any atom is 0.257 e. The summed E-state index contributed by atoms with van der Waals surface area (Å²) in [7, 11) is 0. The predicted octanol–water partition coefficient (Wildman–Crippen LogP) is 3.60. The molecular formula is C28H29N3O5. The first-order chi connectivity index (χ1) is 17.5. The highest BCUT2D eigenvalue weighted by atomic mass is 16.6. The molecule has 5 rings (SSSR count). The van der Waals surface area contributed by atoms with Crippen molar-refractivity contribution in [2.45, 2.75) is 50.0 Å². The molecule has 2 aliphatic rings. The number of benzene rings is 2. The Labute approximate surface area is 209 Å². The summed E-state index contributed by atoms with van der Waals surface area (Å²) in [5, 5.41) is 15.9. The minimum atomic E-state index is -0.547. The Morgan fingerprint density at radius 1 is 1.14 bits per heavy atom. The van der Waals surface area contributed by atoms with Gasteiger partial charge in [0, 0.05) is 29.6 Å². The van der Waals surface area contributed by atoms with Crippen LogP contribution in [0.3, 0.4) is 0 Å². The number of aliphatic hydroxyl groups is 1. The number of carbonyl (C=O) groups is 2. The molecule has 2 aliphatic heterocycles. The van der Waals surface area contributed by atoms with Gasteiger partial charge < -0.3 is 25.2 Å². The molecule has 36 heavy (non-hydrogen) atoms. The molecule has 0 aliphatic carbocycles. The van der Waals surface area contributed by atoms with E-state index in [1.807, 2.05) is 49.4 Å². The largest absolute Gasteiger partial charge is 0.487 e. The summed E-state index contributed by atoms with van der Waals surface area (Å²) in [6, 6.07) is 18.6. The molecule has 1 saturated heterocycles. The second-order valence-electron chi connectivity index (χ2n) is 9.26. The van der Waals surface area contributed by atoms with E-state index >= 15 is 0 Å². The van der Waals surface area contributed by atoms with Crippen molar-refractivity contribution < 1.29 is 24.2 Å². The average molecular weight is 488 g/mol. The van der Waals surface area contributed by atoms with Crippen molar-refractivity contribution in [2.24, 2.45) is 0 Å². The molecule has 5 atom stereocenters. The lowest BCUT2D eigenvalue weighted by atomic mass is 9.84. The number of aliphatic hydroxyl groups excluding tert-OH is 1. The fourth-order valence-corrected chi connectivity index (χ4v) is 5.00. The molecule has 8 nitrogen and oxygen atoms in total. The van der Waals surface area contributed by atoms with Crippen LogP contribution in [0.1, 0.15) is 53.2 Å². The highest BCUT2D eigenvalue weighted by molar-refractivity contribution is 6.04. The van der Waals surface area contributed by atoms with Gasteiger partial charge in [-0.15, -0.1) is 0 Å². The second-order valence-corrected chi connectivity index (χ2v) is 9.26. The van der Waals surface area contributed by atoms with Gasteiger partial charge in [-0.25, -0.2) is 0 Å². The third kappa shape index (κ3) is 5.10. The Morgan fingerprint density at radius 3 is 2.72 bits per heavy atom. The zero-order chi connectivity index (χ0) is 25.1. The monoisotopic (exact) mass is 487 g/mol. The van der Waals surface area contributed by atoms with Crippen molar-refractivity contribution in [3.05, 3.63) is 89.7 Å². The van der Waals surface area contributed by atoms with Gasteiger partial charge in [0.25, 0.3) is 5.91 Å². The molecule has 2 amide bonds. The van der Waals surface area contributed by atoms with Gasteiger partial charge in [0.1, 0.15) is 18.0 Å². The zero-order valence-electron chi connectivity index (χ0n) is 20.0. The zero-order valence-corrected chi connectivity index (χ0v) is 20.0. The van der Waals surface area contributed by atoms with Crippen LogP contribution in [0.2, 0.25) is 0 Å². The van der Waals surface area contributed by atoms with E-state index in [1.54, 1.807) is 24.4 Å². The number of fused-ring (bicyclic) bond motifs is 3. The minimum absolute atomic E-state index is 0.0644. The Hall–Kier alpha value is -3.75. The quantitative estimate of drug-likeness (QED) is 0.470. The number of aromatic nitrogens is 1. The number of anilines is 1. The summed E-state index contributed by atoms with van der Waals surface area (Å²) in [5.74, 6) is 0.281. The number of carbonyl (C=O) groups excluding carboxylic acids is 2. The SMILES string of the molecule is C[C@@H](NC(=O)C[C@H]1C[C@H]2c3cc(NC(=O)c4cccnc4)ccc3O[C@H]2[C@H](CO)O1)c1ccccc1. The maximum atomic E-state index is 12.8. The summed E-state index contributed by atoms with van der Waals surface area (Å²) < 4.78 is 12.2. The third-order valence-corrected chi connectivity index (χ3v) is 6.77. The van der Waals surface area contributed by atoms with Crippen LogP contribution in [0.5, 0.6) is 5.75 Å². The number of pyridine rings is 1. The summed E-state index contributed by atoms with van der Waals surface area (Å²) in [6.45, 7) is 1.74. The maximum absolute atomic E-state index is 12.8. The van der Waals surface area contributed by atoms with Crippen molar-refractivity contribution in [1.82, 2.24) is 10.3 Å². The highest BCUT2D eigenvalue weighted by Crippen LogP contribution is 2.47. The van der Waals surface area contributed by atoms with E-state index in [-0.39, 0.29) is 49.0 Å². The lowest BCUT2D eigenvalue weighted by Gasteiger charge is -2.37. The number of nitrogens with one attached hydrogen (secondary N) is 2. The topological polar surface area (TPSA) is 110 Å². The number of ether oxygens (including phenoxy) is 2. The van der Waals surface area contributed by atoms with Gasteiger partial charge in [0.05, 0.1) is 30.7 Å². The van der Waals surface area contributed by atoms with Gasteiger partial charge in [0.2, 0.25) is 5.91 Å². The summed E-state index contributed by atoms with van der Waals surface area (Å²) in [4.78, 5) is 29.4. The Bertz CT molecular complexity index is 1220. The lowest BCUT2D eigenvalue weighted by molar-refractivity contribution is -0.142. The van der Waals surface area contributed by atoms with Crippen molar-refractivity contribution in [3.63, 3.8) is 0 Å². The van der Waals surface area contributed by atoms with Crippen molar-refractivity contribution in [1.29, 1.82) is 0 Å². The van der Waals surface area contributed by atoms with E-state index in [0.29, 0.717) is 23.4 Å². The van der Waals surface area contributed by atoms with Crippen molar-refractivity contribution in [2.75, 3.05) is 11.9 Å². The normalized spacial score (nSPS) is 23.1. The molecule has 3 aromatic rings. The predicted molar refractivity (Wildman–Crippen MR) is 134 cm³/mol. The van der Waals surface area contributed by atoms with Gasteiger partial charge in [-0.1, -0.05) is 30.3 Å². The summed E-state index contributed by atoms with van der Waals surface area (Å²) in [6.07, 6.45) is 2.62. The van der Waals surface area contributed by atoms with E-state index in [0.717, 1.165) is 11.1 Å². The van der Waals surface area contributed by atoms with Crippen LogP contribution < -0.4 is 15.4 Å². The number of amides is 2. The molecule has 0 saturated carbocycles. The molecular weight excluding hydrogens is 458 g/mol. The Balaban J connectivity index is 1.28. The van der Waals surface area contributed by atoms with E-state index in [2.05, 4.69) is 15.6 Å². The van der Waals surface area contributed by atoms with Crippen LogP contribution in [0.15, 0.2) is 73.1 Å². The number of rotatable bonds is 7. The van der Waals surface area contributed by atoms with Gasteiger partial charge in [-0.2, -0.15) is 0 Å². The smallest absolute Gasteiger partial charge is 0.257 e. The standard InChI is InChI=1S/C28H29N3O5/c1-17(18-6-3-2-4-7-18)30-26(33)14-21-13-23-22-12-20(31-28(34)19-8-5-11-29-15-19)9-10-24(22)36-27(23)25(16-32)35-21/h2-12,15,17,21,23,25,27,32H,13-14,16H2,1H3,(H,30,33)(H,31,34)/t17-,21-,23+,25+,27-/m1/s1. The molecule has 0 bridgehead atoms. The Kier molecular flexibility index (Phi) is 6.97. The van der Waals surface area contributed by atoms with Crippen LogP contribution in [0.25, 0.3) is 0 Å². The van der Waals surface area contributed by atoms with Crippen LogP contribution in [0, 0.1) is 0 Å². The van der Waals surface area contributed by atoms with Crippen molar-refractivity contribution in [3.8, 4) is 5.75 Å². The average Bonchev–Trinajstić information content (AvgIpc) is 3.27. The second kappa shape index (κ2) is 10.5. The van der Waals surface area contributed by atoms with Crippen LogP contribution in [0.4, 0.5) is 5.69 Å². The molecule has 186 valence electrons. The molecule has 3 heterocycles. The van der Waals surface area contributed by atoms with Gasteiger partial charge in [0.15, 0.2) is 0 Å². The minimum Gasteiger partial charge on any atom is -0.487 e. The van der Waals surface area contributed by atoms with Gasteiger partial charge in [-0.3, -0.25) is 14.6 Å². The molecule has 1 fully saturated rings. The molecule has 1 aromatic heterocycles. The van der Waals surface area contributed by atoms with E-state index in [9.17, 15) is 14.7 Å². The van der Waals surface area contributed by atoms with Gasteiger partial charge in [-0.05, 0) is 49.2 Å². The number of hydrogen-bond donors (Lipinski definition) is 3. The molecule has 0 spiro atoms. The van der Waals surface area contributed by atoms with Crippen molar-refractivity contribution >= 4 is 17.5 Å². The van der Waals surface area contributed by atoms with Gasteiger partial charge >= 0.3 is 0 Å². The fraction of sp³-hybridized carbons (Fsp3) is 0.321. The summed E-state index contributed by atoms with van der Waals surface area (Å²) >= 11 is 0. The lowest BCUT2D eigenvalue weighted by Crippen LogP contribution is -2.47. The molecule has 3 N–H and O–H groups in total. The van der Waals surface area contributed by atoms with Crippen LogP contribution in [-0.4, -0.2) is 46.8 Å². The number of nitrogens with zero attached hydrogens (tertiary/aromatic N) is 1. The van der Waals surface area contributed by atoms with Crippen LogP contribution in [-0.2, 0) is 9.53 Å². The third-order valence-electron chi connectivity index (χ3n) is 6.77. The first kappa shape index (κ1) is 24.0. The molecule has 8 heteroatoms. The molecule has 0 unspecified atom stereocenters.